The monoisotopic (exact) mass is 468 g/mol. The van der Waals surface area contributed by atoms with E-state index in [4.69, 9.17) is 16.0 Å². The van der Waals surface area contributed by atoms with Crippen molar-refractivity contribution in [2.45, 2.75) is 20.0 Å². The summed E-state index contributed by atoms with van der Waals surface area (Å²) in [6.45, 7) is 4.94. The van der Waals surface area contributed by atoms with Crippen LogP contribution in [-0.2, 0) is 11.0 Å². The molecule has 4 rings (SSSR count). The van der Waals surface area contributed by atoms with Gasteiger partial charge in [-0.3, -0.25) is 14.0 Å². The van der Waals surface area contributed by atoms with Crippen LogP contribution in [0, 0.1) is 5.92 Å². The van der Waals surface area contributed by atoms with E-state index in [0.717, 1.165) is 10.5 Å². The van der Waals surface area contributed by atoms with Gasteiger partial charge in [-0.05, 0) is 18.1 Å². The molecular formula is C21H20ClF3N4O3. The lowest BCUT2D eigenvalue weighted by atomic mass is 10.1. The van der Waals surface area contributed by atoms with E-state index in [-0.39, 0.29) is 41.3 Å². The summed E-state index contributed by atoms with van der Waals surface area (Å²) >= 11 is 6.33. The van der Waals surface area contributed by atoms with Crippen LogP contribution in [0.3, 0.4) is 0 Å². The van der Waals surface area contributed by atoms with Gasteiger partial charge in [-0.2, -0.15) is 13.2 Å². The minimum absolute atomic E-state index is 0.178. The normalized spacial score (nSPS) is 15.3. The molecule has 1 saturated heterocycles. The summed E-state index contributed by atoms with van der Waals surface area (Å²) in [6, 6.07) is 2.45. The smallest absolute Gasteiger partial charge is 0.420 e. The number of hydrogen-bond donors (Lipinski definition) is 0. The Morgan fingerprint density at radius 1 is 1.28 bits per heavy atom. The first-order valence-electron chi connectivity index (χ1n) is 9.94. The fourth-order valence-corrected chi connectivity index (χ4v) is 3.97. The van der Waals surface area contributed by atoms with Gasteiger partial charge in [0.05, 0.1) is 18.1 Å². The number of aromatic nitrogens is 2. The van der Waals surface area contributed by atoms with E-state index in [1.807, 2.05) is 13.8 Å². The Morgan fingerprint density at radius 2 is 2.03 bits per heavy atom. The number of hydrogen-bond acceptors (Lipinski definition) is 4. The Balaban J connectivity index is 1.72. The maximum absolute atomic E-state index is 13.8. The van der Waals surface area contributed by atoms with Crippen LogP contribution in [0.15, 0.2) is 35.3 Å². The molecule has 0 atom stereocenters. The van der Waals surface area contributed by atoms with Gasteiger partial charge in [-0.25, -0.2) is 4.98 Å². The number of furan rings is 1. The molecule has 0 radical (unpaired) electrons. The number of halogens is 4. The van der Waals surface area contributed by atoms with E-state index >= 15 is 0 Å². The van der Waals surface area contributed by atoms with E-state index in [0.29, 0.717) is 18.7 Å². The van der Waals surface area contributed by atoms with Crippen LogP contribution in [0.5, 0.6) is 0 Å². The average Bonchev–Trinajstić information content (AvgIpc) is 3.36. The largest absolute Gasteiger partial charge is 0.472 e. The fourth-order valence-electron chi connectivity index (χ4n) is 3.71. The summed E-state index contributed by atoms with van der Waals surface area (Å²) < 4.78 is 47.3. The molecule has 1 aliphatic heterocycles. The molecule has 1 fully saturated rings. The first-order valence-corrected chi connectivity index (χ1v) is 10.3. The second-order valence-electron chi connectivity index (χ2n) is 8.06. The molecule has 0 aliphatic carbocycles. The summed E-state index contributed by atoms with van der Waals surface area (Å²) in [5, 5.41) is -0.252. The van der Waals surface area contributed by atoms with Crippen LogP contribution >= 0.6 is 11.6 Å². The zero-order valence-corrected chi connectivity index (χ0v) is 18.1. The minimum Gasteiger partial charge on any atom is -0.472 e. The third-order valence-electron chi connectivity index (χ3n) is 5.22. The van der Waals surface area contributed by atoms with Crippen molar-refractivity contribution in [2.75, 3.05) is 26.2 Å². The second kappa shape index (κ2) is 8.16. The van der Waals surface area contributed by atoms with Crippen molar-refractivity contribution >= 4 is 29.1 Å². The minimum atomic E-state index is -4.73. The Bertz CT molecular complexity index is 1170. The number of alkyl halides is 3. The first kappa shape index (κ1) is 22.2. The summed E-state index contributed by atoms with van der Waals surface area (Å²) in [5.74, 6) is -0.634. The highest BCUT2D eigenvalue weighted by atomic mass is 35.5. The van der Waals surface area contributed by atoms with Crippen LogP contribution in [-0.4, -0.2) is 57.2 Å². The van der Waals surface area contributed by atoms with Crippen LogP contribution in [0.4, 0.5) is 13.2 Å². The van der Waals surface area contributed by atoms with Gasteiger partial charge in [0, 0.05) is 37.0 Å². The van der Waals surface area contributed by atoms with Crippen molar-refractivity contribution in [1.29, 1.82) is 0 Å². The molecule has 4 heterocycles. The number of pyridine rings is 1. The van der Waals surface area contributed by atoms with E-state index < -0.39 is 23.3 Å². The molecule has 0 bridgehead atoms. The van der Waals surface area contributed by atoms with Crippen molar-refractivity contribution in [1.82, 2.24) is 19.2 Å². The number of nitrogens with zero attached hydrogens (tertiary/aromatic N) is 4. The van der Waals surface area contributed by atoms with Gasteiger partial charge in [0.2, 0.25) is 5.91 Å². The number of imidazole rings is 1. The molecule has 0 aromatic carbocycles. The van der Waals surface area contributed by atoms with Crippen molar-refractivity contribution < 1.29 is 27.2 Å². The zero-order chi connectivity index (χ0) is 23.2. The first-order chi connectivity index (χ1) is 15.1. The van der Waals surface area contributed by atoms with E-state index in [1.165, 1.54) is 29.7 Å². The summed E-state index contributed by atoms with van der Waals surface area (Å²) in [6.07, 6.45) is -0.713. The van der Waals surface area contributed by atoms with E-state index in [2.05, 4.69) is 4.98 Å². The topological polar surface area (TPSA) is 71.1 Å². The lowest BCUT2D eigenvalue weighted by Crippen LogP contribution is -2.53. The Morgan fingerprint density at radius 3 is 2.62 bits per heavy atom. The van der Waals surface area contributed by atoms with Crippen molar-refractivity contribution in [2.24, 2.45) is 5.92 Å². The lowest BCUT2D eigenvalue weighted by molar-refractivity contribution is -0.137. The van der Waals surface area contributed by atoms with E-state index in [9.17, 15) is 22.8 Å². The lowest BCUT2D eigenvalue weighted by Gasteiger charge is -2.34. The van der Waals surface area contributed by atoms with Crippen LogP contribution in [0.2, 0.25) is 5.15 Å². The maximum Gasteiger partial charge on any atom is 0.420 e. The van der Waals surface area contributed by atoms with Gasteiger partial charge in [-0.15, -0.1) is 0 Å². The zero-order valence-electron chi connectivity index (χ0n) is 17.3. The van der Waals surface area contributed by atoms with Crippen molar-refractivity contribution in [3.63, 3.8) is 0 Å². The SMILES string of the molecule is CC(C)CN1CCN(C(=O)c2nc3c(C(F)(F)F)cc(-c4ccoc4)cn3c2Cl)CC1=O. The number of carbonyl (C=O) groups excluding carboxylic acids is 2. The number of carbonyl (C=O) groups is 2. The summed E-state index contributed by atoms with van der Waals surface area (Å²) in [4.78, 5) is 32.3. The van der Waals surface area contributed by atoms with E-state index in [1.54, 1.807) is 4.90 Å². The Labute approximate surface area is 186 Å². The molecule has 0 N–H and O–H groups in total. The van der Waals surface area contributed by atoms with Gasteiger partial charge in [0.1, 0.15) is 11.7 Å². The molecule has 32 heavy (non-hydrogen) atoms. The van der Waals surface area contributed by atoms with Crippen LogP contribution < -0.4 is 0 Å². The fraction of sp³-hybridized carbons (Fsp3) is 0.381. The molecule has 0 unspecified atom stereocenters. The highest BCUT2D eigenvalue weighted by Crippen LogP contribution is 2.37. The second-order valence-corrected chi connectivity index (χ2v) is 8.42. The molecule has 170 valence electrons. The van der Waals surface area contributed by atoms with Gasteiger partial charge >= 0.3 is 6.18 Å². The molecule has 2 amide bonds. The molecule has 11 heteroatoms. The maximum atomic E-state index is 13.8. The average molecular weight is 469 g/mol. The van der Waals surface area contributed by atoms with Crippen LogP contribution in [0.1, 0.15) is 29.9 Å². The van der Waals surface area contributed by atoms with Gasteiger partial charge < -0.3 is 14.2 Å². The molecule has 1 aliphatic rings. The van der Waals surface area contributed by atoms with Crippen LogP contribution in [0.25, 0.3) is 16.8 Å². The third kappa shape index (κ3) is 4.06. The molecule has 7 nitrogen and oxygen atoms in total. The summed E-state index contributed by atoms with van der Waals surface area (Å²) in [5.41, 5.74) is -1.22. The molecular weight excluding hydrogens is 449 g/mol. The van der Waals surface area contributed by atoms with Gasteiger partial charge in [0.15, 0.2) is 11.3 Å². The molecule has 3 aromatic rings. The van der Waals surface area contributed by atoms with Gasteiger partial charge in [0.25, 0.3) is 5.91 Å². The highest BCUT2D eigenvalue weighted by molar-refractivity contribution is 6.33. The Hall–Kier alpha value is -3.01. The standard InChI is InChI=1S/C21H20ClF3N4O3/c1-12(2)8-27-4-5-28(10-16(27)30)20(31)17-18(22)29-9-14(13-3-6-32-11-13)7-15(19(29)26-17)21(23,24)25/h3,6-7,9,11-12H,4-5,8,10H2,1-2H3. The predicted octanol–water partition coefficient (Wildman–Crippen LogP) is 4.21. The molecule has 0 spiro atoms. The van der Waals surface area contributed by atoms with Crippen molar-refractivity contribution in [3.8, 4) is 11.1 Å². The quantitative estimate of drug-likeness (QED) is 0.575. The summed E-state index contributed by atoms with van der Waals surface area (Å²) in [7, 11) is 0. The Kier molecular flexibility index (Phi) is 5.66. The number of rotatable bonds is 4. The molecule has 0 saturated carbocycles. The van der Waals surface area contributed by atoms with Gasteiger partial charge in [-0.1, -0.05) is 25.4 Å². The predicted molar refractivity (Wildman–Crippen MR) is 110 cm³/mol. The number of amides is 2. The highest BCUT2D eigenvalue weighted by Gasteiger charge is 2.37. The number of piperazine rings is 1. The van der Waals surface area contributed by atoms with Crippen molar-refractivity contribution in [3.05, 3.63) is 47.3 Å². The number of fused-ring (bicyclic) bond motifs is 1. The molecule has 3 aromatic heterocycles. The third-order valence-corrected chi connectivity index (χ3v) is 5.58.